The maximum Gasteiger partial charge on any atom is 0.243 e. The number of amides is 3. The molecule has 0 aromatic heterocycles. The average molecular weight is 426 g/mol. The van der Waals surface area contributed by atoms with E-state index in [4.69, 9.17) is 0 Å². The van der Waals surface area contributed by atoms with Gasteiger partial charge in [0.05, 0.1) is 12.2 Å². The number of fused-ring (bicyclic) bond motifs is 1. The topological polar surface area (TPSA) is 69.7 Å². The average Bonchev–Trinajstić information content (AvgIpc) is 2.74. The molecular weight excluding hydrogens is 398 g/mol. The molecule has 0 aliphatic carbocycles. The third kappa shape index (κ3) is 5.21. The number of hydrogen-bond donors (Lipinski definition) is 1. The van der Waals surface area contributed by atoms with Gasteiger partial charge in [0.1, 0.15) is 0 Å². The fraction of sp³-hybridized carbons (Fsp3) is 0.348. The van der Waals surface area contributed by atoms with E-state index in [-0.39, 0.29) is 37.1 Å². The molecule has 158 valence electrons. The highest BCUT2D eigenvalue weighted by molar-refractivity contribution is 7.99. The summed E-state index contributed by atoms with van der Waals surface area (Å²) in [7, 11) is 1.59. The Balaban J connectivity index is 1.51. The number of aryl methyl sites for hydroxylation is 2. The molecule has 0 spiro atoms. The van der Waals surface area contributed by atoms with Crippen LogP contribution in [0.3, 0.4) is 0 Å². The Bertz CT molecular complexity index is 940. The molecule has 0 radical (unpaired) electrons. The largest absolute Gasteiger partial charge is 0.336 e. The summed E-state index contributed by atoms with van der Waals surface area (Å²) < 4.78 is 0. The van der Waals surface area contributed by atoms with Crippen LogP contribution in [0, 0.1) is 13.8 Å². The number of likely N-dealkylation sites (N-methyl/N-ethyl adjacent to an activating group) is 1. The molecule has 0 saturated heterocycles. The molecule has 3 rings (SSSR count). The number of thioether (sulfide) groups is 1. The zero-order valence-corrected chi connectivity index (χ0v) is 18.4. The molecule has 1 N–H and O–H groups in total. The van der Waals surface area contributed by atoms with Gasteiger partial charge < -0.3 is 15.1 Å². The van der Waals surface area contributed by atoms with Crippen molar-refractivity contribution in [1.29, 1.82) is 0 Å². The van der Waals surface area contributed by atoms with E-state index in [2.05, 4.69) is 5.32 Å². The van der Waals surface area contributed by atoms with E-state index in [9.17, 15) is 14.4 Å². The Morgan fingerprint density at radius 3 is 2.47 bits per heavy atom. The van der Waals surface area contributed by atoms with Crippen molar-refractivity contribution in [3.8, 4) is 0 Å². The molecule has 0 fully saturated rings. The Hall–Kier alpha value is -2.80. The van der Waals surface area contributed by atoms with E-state index in [1.165, 1.54) is 4.90 Å². The van der Waals surface area contributed by atoms with Crippen LogP contribution in [0.15, 0.2) is 47.4 Å². The van der Waals surface area contributed by atoms with Crippen LogP contribution in [0.25, 0.3) is 0 Å². The fourth-order valence-corrected chi connectivity index (χ4v) is 4.46. The molecule has 1 aliphatic heterocycles. The first kappa shape index (κ1) is 21.9. The summed E-state index contributed by atoms with van der Waals surface area (Å²) in [5.41, 5.74) is 3.64. The van der Waals surface area contributed by atoms with Gasteiger partial charge in [0.2, 0.25) is 17.7 Å². The van der Waals surface area contributed by atoms with E-state index in [0.717, 1.165) is 33.2 Å². The lowest BCUT2D eigenvalue weighted by atomic mass is 10.1. The first-order valence-electron chi connectivity index (χ1n) is 9.99. The summed E-state index contributed by atoms with van der Waals surface area (Å²) in [5, 5.41) is 2.88. The van der Waals surface area contributed by atoms with Gasteiger partial charge >= 0.3 is 0 Å². The number of carbonyl (C=O) groups excluding carboxylic acids is 3. The van der Waals surface area contributed by atoms with Crippen LogP contribution in [-0.4, -0.2) is 48.5 Å². The predicted molar refractivity (Wildman–Crippen MR) is 121 cm³/mol. The first-order valence-corrected chi connectivity index (χ1v) is 11.0. The normalized spacial score (nSPS) is 12.8. The van der Waals surface area contributed by atoms with Gasteiger partial charge in [0.25, 0.3) is 0 Å². The van der Waals surface area contributed by atoms with Crippen molar-refractivity contribution in [3.05, 3.63) is 53.6 Å². The van der Waals surface area contributed by atoms with Crippen molar-refractivity contribution < 1.29 is 14.4 Å². The van der Waals surface area contributed by atoms with Gasteiger partial charge in [-0.25, -0.2) is 0 Å². The first-order chi connectivity index (χ1) is 14.4. The summed E-state index contributed by atoms with van der Waals surface area (Å²) in [6, 6.07) is 13.6. The van der Waals surface area contributed by atoms with E-state index >= 15 is 0 Å². The van der Waals surface area contributed by atoms with Crippen molar-refractivity contribution in [3.63, 3.8) is 0 Å². The highest BCUT2D eigenvalue weighted by Gasteiger charge is 2.23. The van der Waals surface area contributed by atoms with Gasteiger partial charge in [0, 0.05) is 42.8 Å². The summed E-state index contributed by atoms with van der Waals surface area (Å²) in [5.74, 6) is 0.301. The minimum Gasteiger partial charge on any atom is -0.336 e. The van der Waals surface area contributed by atoms with Crippen LogP contribution in [0.1, 0.15) is 24.0 Å². The van der Waals surface area contributed by atoms with Gasteiger partial charge in [-0.2, -0.15) is 0 Å². The Labute approximate surface area is 181 Å². The zero-order valence-electron chi connectivity index (χ0n) is 17.6. The van der Waals surface area contributed by atoms with E-state index in [1.54, 1.807) is 23.7 Å². The summed E-state index contributed by atoms with van der Waals surface area (Å²) in [6.45, 7) is 4.45. The zero-order chi connectivity index (χ0) is 21.7. The molecule has 0 unspecified atom stereocenters. The van der Waals surface area contributed by atoms with E-state index in [1.807, 2.05) is 56.3 Å². The van der Waals surface area contributed by atoms with E-state index in [0.29, 0.717) is 6.54 Å². The van der Waals surface area contributed by atoms with Crippen molar-refractivity contribution in [2.24, 2.45) is 0 Å². The lowest BCUT2D eigenvalue weighted by Crippen LogP contribution is -2.38. The molecule has 0 saturated carbocycles. The summed E-state index contributed by atoms with van der Waals surface area (Å²) in [4.78, 5) is 41.7. The van der Waals surface area contributed by atoms with Gasteiger partial charge in [-0.15, -0.1) is 11.8 Å². The molecular formula is C23H27N3O3S. The molecule has 0 bridgehead atoms. The number of nitrogens with zero attached hydrogens (tertiary/aromatic N) is 2. The second-order valence-corrected chi connectivity index (χ2v) is 8.56. The number of anilines is 2. The quantitative estimate of drug-likeness (QED) is 0.768. The molecule has 1 aliphatic rings. The second kappa shape index (κ2) is 9.80. The van der Waals surface area contributed by atoms with Crippen LogP contribution >= 0.6 is 11.8 Å². The SMILES string of the molecule is Cc1cccc(C)c1NC(=O)CN(C)C(=O)CCC(=O)N1CCSc2ccccc21. The van der Waals surface area contributed by atoms with Crippen molar-refractivity contribution in [2.75, 3.05) is 36.1 Å². The standard InChI is InChI=1S/C23H27N3O3S/c1-16-7-6-8-17(2)23(16)24-20(27)15-25(3)21(28)11-12-22(29)26-13-14-30-19-10-5-4-9-18(19)26/h4-10H,11-15H2,1-3H3,(H,24,27). The Kier molecular flexibility index (Phi) is 7.15. The summed E-state index contributed by atoms with van der Waals surface area (Å²) in [6.07, 6.45) is 0.207. The van der Waals surface area contributed by atoms with Gasteiger partial charge in [-0.3, -0.25) is 14.4 Å². The maximum atomic E-state index is 12.7. The fourth-order valence-electron chi connectivity index (χ4n) is 3.46. The molecule has 6 nitrogen and oxygen atoms in total. The molecule has 30 heavy (non-hydrogen) atoms. The third-order valence-electron chi connectivity index (χ3n) is 5.13. The number of carbonyl (C=O) groups is 3. The van der Waals surface area contributed by atoms with Gasteiger partial charge in [-0.05, 0) is 37.1 Å². The van der Waals surface area contributed by atoms with Crippen molar-refractivity contribution in [2.45, 2.75) is 31.6 Å². The number of nitrogens with one attached hydrogen (secondary N) is 1. The highest BCUT2D eigenvalue weighted by Crippen LogP contribution is 2.34. The van der Waals surface area contributed by atoms with Gasteiger partial charge in [-0.1, -0.05) is 30.3 Å². The molecule has 3 amide bonds. The number of benzene rings is 2. The molecule has 0 atom stereocenters. The molecule has 7 heteroatoms. The van der Waals surface area contributed by atoms with Crippen molar-refractivity contribution >= 4 is 40.9 Å². The van der Waals surface area contributed by atoms with E-state index < -0.39 is 0 Å². The Morgan fingerprint density at radius 2 is 1.73 bits per heavy atom. The van der Waals surface area contributed by atoms with Crippen LogP contribution < -0.4 is 10.2 Å². The highest BCUT2D eigenvalue weighted by atomic mass is 32.2. The third-order valence-corrected chi connectivity index (χ3v) is 6.18. The van der Waals surface area contributed by atoms with Crippen LogP contribution in [0.4, 0.5) is 11.4 Å². The number of para-hydroxylation sites is 2. The Morgan fingerprint density at radius 1 is 1.03 bits per heavy atom. The monoisotopic (exact) mass is 425 g/mol. The molecule has 1 heterocycles. The molecule has 2 aromatic carbocycles. The summed E-state index contributed by atoms with van der Waals surface area (Å²) >= 11 is 1.74. The van der Waals surface area contributed by atoms with Crippen LogP contribution in [-0.2, 0) is 14.4 Å². The predicted octanol–water partition coefficient (Wildman–Crippen LogP) is 3.62. The van der Waals surface area contributed by atoms with Crippen molar-refractivity contribution in [1.82, 2.24) is 4.90 Å². The van der Waals surface area contributed by atoms with Crippen LogP contribution in [0.5, 0.6) is 0 Å². The van der Waals surface area contributed by atoms with Crippen LogP contribution in [0.2, 0.25) is 0 Å². The number of hydrogen-bond acceptors (Lipinski definition) is 4. The lowest BCUT2D eigenvalue weighted by Gasteiger charge is -2.29. The molecule has 2 aromatic rings. The maximum absolute atomic E-state index is 12.7. The second-order valence-electron chi connectivity index (χ2n) is 7.43. The van der Waals surface area contributed by atoms with Gasteiger partial charge in [0.15, 0.2) is 0 Å². The minimum absolute atomic E-state index is 0.0516. The minimum atomic E-state index is -0.253. The number of rotatable bonds is 6. The smallest absolute Gasteiger partial charge is 0.243 e. The lowest BCUT2D eigenvalue weighted by molar-refractivity contribution is -0.134.